The molecule has 0 bridgehead atoms. The fourth-order valence-corrected chi connectivity index (χ4v) is 4.90. The molecule has 2 fully saturated rings. The molecule has 4 rings (SSSR count). The maximum Gasteiger partial charge on any atom is 0.265 e. The van der Waals surface area contributed by atoms with Crippen LogP contribution in [-0.2, 0) is 11.8 Å². The Bertz CT molecular complexity index is 822. The Morgan fingerprint density at radius 1 is 1.37 bits per heavy atom. The van der Waals surface area contributed by atoms with Crippen LogP contribution >= 0.6 is 11.3 Å². The molecule has 2 aromatic rings. The summed E-state index contributed by atoms with van der Waals surface area (Å²) in [6.45, 7) is 6.92. The first-order valence-corrected chi connectivity index (χ1v) is 10.6. The summed E-state index contributed by atoms with van der Waals surface area (Å²) in [5.41, 5.74) is 2.94. The van der Waals surface area contributed by atoms with Crippen LogP contribution in [0.15, 0.2) is 12.3 Å². The van der Waals surface area contributed by atoms with Gasteiger partial charge in [-0.2, -0.15) is 5.10 Å². The summed E-state index contributed by atoms with van der Waals surface area (Å²) in [6.07, 6.45) is 5.34. The molecular weight excluding hydrogens is 360 g/mol. The molecule has 0 aromatic carbocycles. The molecule has 2 atom stereocenters. The van der Waals surface area contributed by atoms with Crippen LogP contribution in [-0.4, -0.2) is 41.5 Å². The molecule has 0 radical (unpaired) electrons. The fourth-order valence-electron chi connectivity index (χ4n) is 3.92. The molecular formula is C20H28N4O2S. The van der Waals surface area contributed by atoms with Crippen LogP contribution < -0.4 is 10.6 Å². The molecule has 1 aliphatic heterocycles. The lowest BCUT2D eigenvalue weighted by Gasteiger charge is -2.22. The van der Waals surface area contributed by atoms with Crippen LogP contribution in [0.25, 0.3) is 0 Å². The van der Waals surface area contributed by atoms with Crippen LogP contribution in [0.2, 0.25) is 0 Å². The van der Waals surface area contributed by atoms with Gasteiger partial charge < -0.3 is 15.4 Å². The van der Waals surface area contributed by atoms with Crippen LogP contribution in [0.3, 0.4) is 0 Å². The lowest BCUT2D eigenvalue weighted by Crippen LogP contribution is -2.29. The predicted molar refractivity (Wildman–Crippen MR) is 108 cm³/mol. The van der Waals surface area contributed by atoms with Crippen molar-refractivity contribution in [2.24, 2.45) is 13.0 Å². The van der Waals surface area contributed by atoms with Gasteiger partial charge in [-0.25, -0.2) is 0 Å². The van der Waals surface area contributed by atoms with Crippen LogP contribution in [0, 0.1) is 19.8 Å². The molecule has 0 spiro atoms. The second-order valence-corrected chi connectivity index (χ2v) is 9.05. The molecule has 1 aliphatic carbocycles. The first-order chi connectivity index (χ1) is 13.0. The van der Waals surface area contributed by atoms with Gasteiger partial charge in [-0.15, -0.1) is 11.3 Å². The molecule has 3 heterocycles. The highest BCUT2D eigenvalue weighted by Gasteiger charge is 2.40. The molecule has 2 aromatic heterocycles. The number of nitrogens with zero attached hydrogens (tertiary/aromatic N) is 2. The quantitative estimate of drug-likeness (QED) is 0.797. The molecule has 6 nitrogen and oxygen atoms in total. The first-order valence-electron chi connectivity index (χ1n) is 9.74. The number of ether oxygens (including phenoxy) is 1. The number of anilines is 1. The zero-order chi connectivity index (χ0) is 19.0. The van der Waals surface area contributed by atoms with Crippen LogP contribution in [0.5, 0.6) is 0 Å². The highest BCUT2D eigenvalue weighted by atomic mass is 32.1. The minimum atomic E-state index is -0.0437. The standard InChI is InChI=1S/C20H28N4O2S/c1-12-18(11-24(3)23-12)22-20(25)19-9-15(13(2)27-19)16-8-17(16)21-10-14-4-6-26-7-5-14/h9,11,14,16-17,21H,4-8,10H2,1-3H3,(H,22,25). The lowest BCUT2D eigenvalue weighted by molar-refractivity contribution is 0.0662. The van der Waals surface area contributed by atoms with Gasteiger partial charge in [-0.05, 0) is 57.2 Å². The second-order valence-electron chi connectivity index (χ2n) is 7.79. The number of rotatable bonds is 6. The SMILES string of the molecule is Cc1nn(C)cc1NC(=O)c1cc(C2CC2NCC2CCOCC2)c(C)s1. The van der Waals surface area contributed by atoms with Gasteiger partial charge in [0, 0.05) is 43.3 Å². The van der Waals surface area contributed by atoms with Crippen molar-refractivity contribution in [1.29, 1.82) is 0 Å². The smallest absolute Gasteiger partial charge is 0.265 e. The Kier molecular flexibility index (Phi) is 5.34. The summed E-state index contributed by atoms with van der Waals surface area (Å²) < 4.78 is 7.15. The number of carbonyl (C=O) groups excluding carboxylic acids is 1. The normalized spacial score (nSPS) is 22.8. The molecule has 1 saturated carbocycles. The zero-order valence-corrected chi connectivity index (χ0v) is 17.1. The summed E-state index contributed by atoms with van der Waals surface area (Å²) in [5, 5.41) is 11.0. The molecule has 146 valence electrons. The highest BCUT2D eigenvalue weighted by Crippen LogP contribution is 2.44. The van der Waals surface area contributed by atoms with E-state index in [1.54, 1.807) is 16.0 Å². The summed E-state index contributed by atoms with van der Waals surface area (Å²) in [5.74, 6) is 1.24. The Balaban J connectivity index is 1.34. The number of thiophene rings is 1. The average Bonchev–Trinajstić information content (AvgIpc) is 3.21. The summed E-state index contributed by atoms with van der Waals surface area (Å²) in [6, 6.07) is 2.64. The highest BCUT2D eigenvalue weighted by molar-refractivity contribution is 7.14. The molecule has 1 saturated heterocycles. The lowest BCUT2D eigenvalue weighted by atomic mass is 10.0. The van der Waals surface area contributed by atoms with E-state index in [1.165, 1.54) is 29.7 Å². The second kappa shape index (κ2) is 7.73. The average molecular weight is 389 g/mol. The van der Waals surface area contributed by atoms with E-state index in [9.17, 15) is 4.79 Å². The Morgan fingerprint density at radius 3 is 2.85 bits per heavy atom. The first kappa shape index (κ1) is 18.7. The van der Waals surface area contributed by atoms with E-state index in [2.05, 4.69) is 28.7 Å². The van der Waals surface area contributed by atoms with Crippen molar-refractivity contribution in [3.63, 3.8) is 0 Å². The molecule has 1 amide bonds. The van der Waals surface area contributed by atoms with Crippen LogP contribution in [0.1, 0.15) is 51.0 Å². The maximum absolute atomic E-state index is 12.6. The molecule has 7 heteroatoms. The van der Waals surface area contributed by atoms with E-state index in [-0.39, 0.29) is 5.91 Å². The third-order valence-electron chi connectivity index (χ3n) is 5.64. The zero-order valence-electron chi connectivity index (χ0n) is 16.2. The largest absolute Gasteiger partial charge is 0.381 e. The van der Waals surface area contributed by atoms with Crippen molar-refractivity contribution >= 4 is 22.9 Å². The Labute approximate surface area is 164 Å². The van der Waals surface area contributed by atoms with E-state index in [4.69, 9.17) is 4.74 Å². The molecule has 27 heavy (non-hydrogen) atoms. The van der Waals surface area contributed by atoms with E-state index in [1.807, 2.05) is 20.2 Å². The van der Waals surface area contributed by atoms with Crippen molar-refractivity contribution in [2.45, 2.75) is 45.1 Å². The van der Waals surface area contributed by atoms with E-state index in [0.29, 0.717) is 12.0 Å². The fraction of sp³-hybridized carbons (Fsp3) is 0.600. The van der Waals surface area contributed by atoms with Gasteiger partial charge in [0.1, 0.15) is 0 Å². The maximum atomic E-state index is 12.6. The number of nitrogens with one attached hydrogen (secondary N) is 2. The number of aromatic nitrogens is 2. The van der Waals surface area contributed by atoms with Crippen LogP contribution in [0.4, 0.5) is 5.69 Å². The minimum Gasteiger partial charge on any atom is -0.381 e. The molecule has 2 unspecified atom stereocenters. The van der Waals surface area contributed by atoms with Gasteiger partial charge in [0.2, 0.25) is 0 Å². The number of hydrogen-bond donors (Lipinski definition) is 2. The van der Waals surface area contributed by atoms with Gasteiger partial charge in [0.05, 0.1) is 16.3 Å². The van der Waals surface area contributed by atoms with Gasteiger partial charge in [0.25, 0.3) is 5.91 Å². The van der Waals surface area contributed by atoms with Crippen molar-refractivity contribution < 1.29 is 9.53 Å². The van der Waals surface area contributed by atoms with E-state index >= 15 is 0 Å². The number of aryl methyl sites for hydroxylation is 3. The van der Waals surface area contributed by atoms with E-state index < -0.39 is 0 Å². The predicted octanol–water partition coefficient (Wildman–Crippen LogP) is 3.22. The third-order valence-corrected chi connectivity index (χ3v) is 6.71. The van der Waals surface area contributed by atoms with Crippen molar-refractivity contribution in [1.82, 2.24) is 15.1 Å². The topological polar surface area (TPSA) is 68.2 Å². The van der Waals surface area contributed by atoms with Gasteiger partial charge in [-0.1, -0.05) is 0 Å². The van der Waals surface area contributed by atoms with Gasteiger partial charge >= 0.3 is 0 Å². The van der Waals surface area contributed by atoms with Gasteiger partial charge in [-0.3, -0.25) is 9.48 Å². The Hall–Kier alpha value is -1.70. The summed E-state index contributed by atoms with van der Waals surface area (Å²) >= 11 is 1.59. The number of amides is 1. The number of carbonyl (C=O) groups is 1. The van der Waals surface area contributed by atoms with Crippen molar-refractivity contribution in [3.8, 4) is 0 Å². The number of hydrogen-bond acceptors (Lipinski definition) is 5. The third kappa shape index (κ3) is 4.25. The Morgan fingerprint density at radius 2 is 2.15 bits per heavy atom. The van der Waals surface area contributed by atoms with Gasteiger partial charge in [0.15, 0.2) is 0 Å². The molecule has 2 aliphatic rings. The van der Waals surface area contributed by atoms with E-state index in [0.717, 1.165) is 41.9 Å². The minimum absolute atomic E-state index is 0.0437. The summed E-state index contributed by atoms with van der Waals surface area (Å²) in [4.78, 5) is 14.7. The monoisotopic (exact) mass is 388 g/mol. The van der Waals surface area contributed by atoms with Crippen molar-refractivity contribution in [3.05, 3.63) is 33.3 Å². The molecule has 2 N–H and O–H groups in total. The van der Waals surface area contributed by atoms with Crippen molar-refractivity contribution in [2.75, 3.05) is 25.1 Å². The summed E-state index contributed by atoms with van der Waals surface area (Å²) in [7, 11) is 1.86.